The van der Waals surface area contributed by atoms with E-state index in [2.05, 4.69) is 0 Å². The predicted molar refractivity (Wildman–Crippen MR) is 66.2 cm³/mol. The highest BCUT2D eigenvalue weighted by Gasteiger charge is 2.05. The number of carbonyl (C=O) groups excluding carboxylic acids is 1. The highest BCUT2D eigenvalue weighted by atomic mass is 35.5. The number of rotatable bonds is 5. The second kappa shape index (κ2) is 5.90. The van der Waals surface area contributed by atoms with Gasteiger partial charge in [0.15, 0.2) is 0 Å². The van der Waals surface area contributed by atoms with Gasteiger partial charge in [-0.3, -0.25) is 0 Å². The van der Waals surface area contributed by atoms with E-state index in [1.165, 1.54) is 0 Å². The molecule has 0 aliphatic carbocycles. The monoisotopic (exact) mass is 240 g/mol. The molecule has 3 heteroatoms. The Morgan fingerprint density at radius 3 is 2.62 bits per heavy atom. The van der Waals surface area contributed by atoms with E-state index in [4.69, 9.17) is 16.3 Å². The van der Waals surface area contributed by atoms with Crippen molar-refractivity contribution in [2.45, 2.75) is 39.7 Å². The fourth-order valence-corrected chi connectivity index (χ4v) is 1.62. The Morgan fingerprint density at radius 1 is 1.44 bits per heavy atom. The van der Waals surface area contributed by atoms with Crippen LogP contribution in [0, 0.1) is 0 Å². The molecule has 0 N–H and O–H groups in total. The van der Waals surface area contributed by atoms with Crippen molar-refractivity contribution in [1.82, 2.24) is 0 Å². The maximum Gasteiger partial charge on any atom is 0.138 e. The molecule has 0 atom stereocenters. The van der Waals surface area contributed by atoms with E-state index in [-0.39, 0.29) is 11.9 Å². The zero-order valence-corrected chi connectivity index (χ0v) is 10.7. The Labute approximate surface area is 102 Å². The average Bonchev–Trinajstić information content (AvgIpc) is 2.18. The van der Waals surface area contributed by atoms with Crippen LogP contribution in [0.1, 0.15) is 32.8 Å². The first-order valence-corrected chi connectivity index (χ1v) is 5.81. The van der Waals surface area contributed by atoms with E-state index >= 15 is 0 Å². The van der Waals surface area contributed by atoms with Gasteiger partial charge in [0, 0.05) is 6.42 Å². The molecule has 0 amide bonds. The summed E-state index contributed by atoms with van der Waals surface area (Å²) in [5, 5.41) is 0.606. The molecule has 0 bridgehead atoms. The minimum atomic E-state index is 0.112. The lowest BCUT2D eigenvalue weighted by Gasteiger charge is -2.12. The van der Waals surface area contributed by atoms with Crippen LogP contribution in [0.2, 0.25) is 5.02 Å². The topological polar surface area (TPSA) is 26.3 Å². The van der Waals surface area contributed by atoms with Crippen LogP contribution < -0.4 is 4.74 Å². The van der Waals surface area contributed by atoms with Crippen molar-refractivity contribution in [3.05, 3.63) is 28.8 Å². The fraction of sp³-hybridized carbons (Fsp3) is 0.462. The molecule has 0 aliphatic rings. The zero-order chi connectivity index (χ0) is 12.1. The molecule has 16 heavy (non-hydrogen) atoms. The number of hydrogen-bond acceptors (Lipinski definition) is 2. The molecule has 0 fully saturated rings. The number of benzene rings is 1. The molecule has 2 nitrogen and oxygen atoms in total. The van der Waals surface area contributed by atoms with E-state index in [9.17, 15) is 4.79 Å². The Balaban J connectivity index is 2.70. The standard InChI is InChI=1S/C13H17ClO2/c1-9(2)16-13-7-6-11(8-12(13)14)5-4-10(3)15/h6-9H,4-5H2,1-3H3. The summed E-state index contributed by atoms with van der Waals surface area (Å²) in [7, 11) is 0. The molecule has 1 aromatic rings. The van der Waals surface area contributed by atoms with Crippen molar-refractivity contribution in [2.24, 2.45) is 0 Å². The van der Waals surface area contributed by atoms with Crippen LogP contribution in [-0.2, 0) is 11.2 Å². The van der Waals surface area contributed by atoms with Crippen molar-refractivity contribution >= 4 is 17.4 Å². The molecule has 0 unspecified atom stereocenters. The highest BCUT2D eigenvalue weighted by Crippen LogP contribution is 2.26. The normalized spacial score (nSPS) is 10.6. The van der Waals surface area contributed by atoms with Gasteiger partial charge >= 0.3 is 0 Å². The summed E-state index contributed by atoms with van der Waals surface area (Å²) in [4.78, 5) is 10.9. The maximum atomic E-state index is 10.9. The molecule has 0 radical (unpaired) electrons. The summed E-state index contributed by atoms with van der Waals surface area (Å²) < 4.78 is 5.53. The first kappa shape index (κ1) is 13.0. The zero-order valence-electron chi connectivity index (χ0n) is 9.92. The SMILES string of the molecule is CC(=O)CCc1ccc(OC(C)C)c(Cl)c1. The Bertz CT molecular complexity index is 372. The molecular weight excluding hydrogens is 224 g/mol. The maximum absolute atomic E-state index is 10.9. The molecule has 0 saturated heterocycles. The van der Waals surface area contributed by atoms with Gasteiger partial charge in [0.05, 0.1) is 11.1 Å². The molecule has 1 rings (SSSR count). The van der Waals surface area contributed by atoms with Gasteiger partial charge in [0.2, 0.25) is 0 Å². The molecule has 0 saturated carbocycles. The second-order valence-electron chi connectivity index (χ2n) is 4.13. The largest absolute Gasteiger partial charge is 0.489 e. The molecule has 0 heterocycles. The summed E-state index contributed by atoms with van der Waals surface area (Å²) in [6.45, 7) is 5.51. The third-order valence-electron chi connectivity index (χ3n) is 2.12. The van der Waals surface area contributed by atoms with Crippen molar-refractivity contribution in [3.8, 4) is 5.75 Å². The van der Waals surface area contributed by atoms with Gasteiger partial charge in [-0.05, 0) is 44.9 Å². The summed E-state index contributed by atoms with van der Waals surface area (Å²) >= 11 is 6.08. The highest BCUT2D eigenvalue weighted by molar-refractivity contribution is 6.32. The van der Waals surface area contributed by atoms with Crippen molar-refractivity contribution in [1.29, 1.82) is 0 Å². The van der Waals surface area contributed by atoms with Crippen LogP contribution in [0.4, 0.5) is 0 Å². The Kier molecular flexibility index (Phi) is 4.81. The molecule has 0 aliphatic heterocycles. The van der Waals surface area contributed by atoms with Gasteiger partial charge in [0.25, 0.3) is 0 Å². The number of ketones is 1. The number of Topliss-reactive ketones (excluding diaryl/α,β-unsaturated/α-hetero) is 1. The van der Waals surface area contributed by atoms with Crippen molar-refractivity contribution in [2.75, 3.05) is 0 Å². The van der Waals surface area contributed by atoms with Gasteiger partial charge in [0.1, 0.15) is 11.5 Å². The van der Waals surface area contributed by atoms with Crippen molar-refractivity contribution < 1.29 is 9.53 Å². The lowest BCUT2D eigenvalue weighted by atomic mass is 10.1. The van der Waals surface area contributed by atoms with Crippen LogP contribution in [0.15, 0.2) is 18.2 Å². The summed E-state index contributed by atoms with van der Waals surface area (Å²) in [5.41, 5.74) is 1.07. The Hall–Kier alpha value is -1.02. The predicted octanol–water partition coefficient (Wildman–Crippen LogP) is 3.65. The lowest BCUT2D eigenvalue weighted by Crippen LogP contribution is -2.06. The van der Waals surface area contributed by atoms with E-state index in [1.54, 1.807) is 6.92 Å². The van der Waals surface area contributed by atoms with E-state index in [0.29, 0.717) is 17.2 Å². The lowest BCUT2D eigenvalue weighted by molar-refractivity contribution is -0.116. The quantitative estimate of drug-likeness (QED) is 0.785. The van der Waals surface area contributed by atoms with Crippen LogP contribution in [-0.4, -0.2) is 11.9 Å². The third kappa shape index (κ3) is 4.23. The fourth-order valence-electron chi connectivity index (χ4n) is 1.37. The first-order valence-electron chi connectivity index (χ1n) is 5.43. The molecule has 0 aromatic heterocycles. The molecular formula is C13H17ClO2. The number of hydrogen-bond donors (Lipinski definition) is 0. The first-order chi connectivity index (χ1) is 7.49. The van der Waals surface area contributed by atoms with Crippen LogP contribution in [0.3, 0.4) is 0 Å². The van der Waals surface area contributed by atoms with Gasteiger partial charge < -0.3 is 9.53 Å². The average molecular weight is 241 g/mol. The van der Waals surface area contributed by atoms with Crippen LogP contribution in [0.25, 0.3) is 0 Å². The van der Waals surface area contributed by atoms with Crippen molar-refractivity contribution in [3.63, 3.8) is 0 Å². The van der Waals surface area contributed by atoms with E-state index in [0.717, 1.165) is 12.0 Å². The van der Waals surface area contributed by atoms with Gasteiger partial charge in [-0.25, -0.2) is 0 Å². The smallest absolute Gasteiger partial charge is 0.138 e. The third-order valence-corrected chi connectivity index (χ3v) is 2.42. The number of carbonyl (C=O) groups is 1. The number of ether oxygens (including phenoxy) is 1. The van der Waals surface area contributed by atoms with E-state index in [1.807, 2.05) is 32.0 Å². The van der Waals surface area contributed by atoms with Gasteiger partial charge in [-0.15, -0.1) is 0 Å². The minimum Gasteiger partial charge on any atom is -0.489 e. The van der Waals surface area contributed by atoms with Gasteiger partial charge in [-0.1, -0.05) is 17.7 Å². The Morgan fingerprint density at radius 2 is 2.12 bits per heavy atom. The van der Waals surface area contributed by atoms with Crippen LogP contribution >= 0.6 is 11.6 Å². The summed E-state index contributed by atoms with van der Waals surface area (Å²) in [6.07, 6.45) is 1.40. The van der Waals surface area contributed by atoms with Gasteiger partial charge in [-0.2, -0.15) is 0 Å². The van der Waals surface area contributed by atoms with E-state index < -0.39 is 0 Å². The second-order valence-corrected chi connectivity index (χ2v) is 4.54. The number of aryl methyl sites for hydroxylation is 1. The molecule has 0 spiro atoms. The summed E-state index contributed by atoms with van der Waals surface area (Å²) in [6, 6.07) is 5.67. The molecule has 88 valence electrons. The molecule has 1 aromatic carbocycles. The number of halogens is 1. The van der Waals surface area contributed by atoms with Crippen LogP contribution in [0.5, 0.6) is 5.75 Å². The minimum absolute atomic E-state index is 0.112. The summed E-state index contributed by atoms with van der Waals surface area (Å²) in [5.74, 6) is 0.891.